The third-order valence-corrected chi connectivity index (χ3v) is 5.82. The Morgan fingerprint density at radius 3 is 3.00 bits per heavy atom. The number of aromatic nitrogens is 2. The van der Waals surface area contributed by atoms with E-state index in [4.69, 9.17) is 0 Å². The van der Waals surface area contributed by atoms with Gasteiger partial charge in [0.15, 0.2) is 5.69 Å². The molecule has 1 aliphatic rings. The molecule has 0 fully saturated rings. The highest BCUT2D eigenvalue weighted by molar-refractivity contribution is 9.10. The molecule has 2 N–H and O–H groups in total. The highest BCUT2D eigenvalue weighted by atomic mass is 79.9. The minimum absolute atomic E-state index is 0.194. The fourth-order valence-corrected chi connectivity index (χ4v) is 4.59. The average molecular weight is 398 g/mol. The number of nitrogens with zero attached hydrogens (tertiary/aromatic N) is 1. The number of nitrogens with one attached hydrogen (secondary N) is 2. The van der Waals surface area contributed by atoms with Crippen molar-refractivity contribution >= 4 is 33.6 Å². The molecule has 3 rings (SSSR count). The molecule has 1 unspecified atom stereocenters. The zero-order chi connectivity index (χ0) is 16.6. The molecule has 0 spiro atoms. The summed E-state index contributed by atoms with van der Waals surface area (Å²) in [5.74, 6) is 0.527. The Kier molecular flexibility index (Phi) is 4.77. The van der Waals surface area contributed by atoms with Crippen molar-refractivity contribution in [3.05, 3.63) is 45.4 Å². The van der Waals surface area contributed by atoms with Gasteiger partial charge in [-0.05, 0) is 39.9 Å². The van der Waals surface area contributed by atoms with Crippen molar-refractivity contribution in [3.63, 3.8) is 0 Å². The third kappa shape index (κ3) is 3.17. The van der Waals surface area contributed by atoms with Crippen molar-refractivity contribution in [2.24, 2.45) is 0 Å². The van der Waals surface area contributed by atoms with Gasteiger partial charge in [0.1, 0.15) is 5.82 Å². The van der Waals surface area contributed by atoms with Crippen molar-refractivity contribution in [3.8, 4) is 0 Å². The zero-order valence-electron chi connectivity index (χ0n) is 12.8. The Hall–Kier alpha value is -1.34. The van der Waals surface area contributed by atoms with Crippen LogP contribution in [-0.2, 0) is 0 Å². The van der Waals surface area contributed by atoms with E-state index < -0.39 is 0 Å². The Morgan fingerprint density at radius 1 is 1.52 bits per heavy atom. The molecule has 23 heavy (non-hydrogen) atoms. The Bertz CT molecular complexity index is 747. The fourth-order valence-electron chi connectivity index (χ4n) is 2.64. The Balaban J connectivity index is 1.84. The van der Waals surface area contributed by atoms with Crippen molar-refractivity contribution < 1.29 is 9.18 Å². The SMILES string of the molecule is CC(C)c1[nH]nc(C(=O)NC2CCSc3c(F)cccc32)c1Br. The van der Waals surface area contributed by atoms with Crippen LogP contribution in [0, 0.1) is 5.82 Å². The largest absolute Gasteiger partial charge is 0.344 e. The second-order valence-electron chi connectivity index (χ2n) is 5.78. The van der Waals surface area contributed by atoms with E-state index >= 15 is 0 Å². The molecule has 0 saturated carbocycles. The molecule has 7 heteroatoms. The lowest BCUT2D eigenvalue weighted by molar-refractivity contribution is 0.0929. The molecule has 0 aliphatic carbocycles. The molecular weight excluding hydrogens is 381 g/mol. The normalized spacial score (nSPS) is 17.2. The van der Waals surface area contributed by atoms with Gasteiger partial charge in [0.2, 0.25) is 0 Å². The van der Waals surface area contributed by atoms with E-state index in [9.17, 15) is 9.18 Å². The maximum Gasteiger partial charge on any atom is 0.273 e. The summed E-state index contributed by atoms with van der Waals surface area (Å²) in [6, 6.07) is 4.81. The van der Waals surface area contributed by atoms with Crippen LogP contribution >= 0.6 is 27.7 Å². The number of aromatic amines is 1. The number of hydrogen-bond acceptors (Lipinski definition) is 3. The van der Waals surface area contributed by atoms with Gasteiger partial charge in [-0.2, -0.15) is 5.10 Å². The molecule has 2 heterocycles. The molecule has 0 bridgehead atoms. The third-order valence-electron chi connectivity index (χ3n) is 3.86. The smallest absolute Gasteiger partial charge is 0.273 e. The summed E-state index contributed by atoms with van der Waals surface area (Å²) >= 11 is 4.94. The predicted octanol–water partition coefficient (Wildman–Crippen LogP) is 4.40. The Labute approximate surface area is 146 Å². The molecule has 4 nitrogen and oxygen atoms in total. The van der Waals surface area contributed by atoms with E-state index in [1.54, 1.807) is 6.07 Å². The van der Waals surface area contributed by atoms with Crippen LogP contribution in [0.1, 0.15) is 54.0 Å². The molecule has 122 valence electrons. The number of hydrogen-bond donors (Lipinski definition) is 2. The van der Waals surface area contributed by atoms with E-state index in [0.29, 0.717) is 15.1 Å². The maximum atomic E-state index is 13.9. The minimum Gasteiger partial charge on any atom is -0.344 e. The van der Waals surface area contributed by atoms with E-state index in [1.165, 1.54) is 17.8 Å². The highest BCUT2D eigenvalue weighted by Crippen LogP contribution is 2.38. The average Bonchev–Trinajstić information content (AvgIpc) is 2.90. The second kappa shape index (κ2) is 6.65. The van der Waals surface area contributed by atoms with Gasteiger partial charge in [-0.3, -0.25) is 9.89 Å². The first-order valence-corrected chi connectivity index (χ1v) is 9.22. The lowest BCUT2D eigenvalue weighted by Crippen LogP contribution is -2.31. The van der Waals surface area contributed by atoms with Gasteiger partial charge in [0.25, 0.3) is 5.91 Å². The quantitative estimate of drug-likeness (QED) is 0.806. The standard InChI is InChI=1S/C16H17BrFN3OS/c1-8(2)13-12(17)14(21-20-13)16(22)19-11-6-7-23-15-9(11)4-3-5-10(15)18/h3-5,8,11H,6-7H2,1-2H3,(H,19,22)(H,20,21). The number of carbonyl (C=O) groups is 1. The van der Waals surface area contributed by atoms with E-state index in [1.807, 2.05) is 19.9 Å². The number of benzene rings is 1. The summed E-state index contributed by atoms with van der Waals surface area (Å²) < 4.78 is 14.6. The molecule has 1 aromatic carbocycles. The first-order valence-electron chi connectivity index (χ1n) is 7.45. The molecule has 1 atom stereocenters. The Morgan fingerprint density at radius 2 is 2.30 bits per heavy atom. The van der Waals surface area contributed by atoms with Crippen molar-refractivity contribution in [1.29, 1.82) is 0 Å². The van der Waals surface area contributed by atoms with Crippen molar-refractivity contribution in [2.45, 2.75) is 37.1 Å². The summed E-state index contributed by atoms with van der Waals surface area (Å²) in [4.78, 5) is 13.2. The topological polar surface area (TPSA) is 57.8 Å². The zero-order valence-corrected chi connectivity index (χ0v) is 15.2. The number of fused-ring (bicyclic) bond motifs is 1. The van der Waals surface area contributed by atoms with Crippen LogP contribution in [0.2, 0.25) is 0 Å². The highest BCUT2D eigenvalue weighted by Gasteiger charge is 2.27. The lowest BCUT2D eigenvalue weighted by Gasteiger charge is -2.26. The summed E-state index contributed by atoms with van der Waals surface area (Å²) in [6.45, 7) is 4.05. The number of halogens is 2. The van der Waals surface area contributed by atoms with Crippen LogP contribution in [0.3, 0.4) is 0 Å². The lowest BCUT2D eigenvalue weighted by atomic mass is 10.0. The molecular formula is C16H17BrFN3OS. The van der Waals surface area contributed by atoms with Crippen LogP contribution in [-0.4, -0.2) is 21.9 Å². The van der Waals surface area contributed by atoms with E-state index in [2.05, 4.69) is 31.4 Å². The van der Waals surface area contributed by atoms with Crippen LogP contribution in [0.25, 0.3) is 0 Å². The number of rotatable bonds is 3. The monoisotopic (exact) mass is 397 g/mol. The summed E-state index contributed by atoms with van der Waals surface area (Å²) in [7, 11) is 0. The van der Waals surface area contributed by atoms with Gasteiger partial charge in [0.05, 0.1) is 16.2 Å². The molecule has 1 amide bonds. The predicted molar refractivity (Wildman–Crippen MR) is 92.3 cm³/mol. The van der Waals surface area contributed by atoms with Crippen LogP contribution in [0.5, 0.6) is 0 Å². The molecule has 1 aromatic heterocycles. The number of carbonyl (C=O) groups excluding carboxylic acids is 1. The van der Waals surface area contributed by atoms with Gasteiger partial charge in [-0.25, -0.2) is 4.39 Å². The molecule has 0 radical (unpaired) electrons. The van der Waals surface area contributed by atoms with Gasteiger partial charge >= 0.3 is 0 Å². The van der Waals surface area contributed by atoms with E-state index in [-0.39, 0.29) is 23.7 Å². The van der Waals surface area contributed by atoms with Crippen molar-refractivity contribution in [2.75, 3.05) is 5.75 Å². The summed E-state index contributed by atoms with van der Waals surface area (Å²) in [5, 5.41) is 9.99. The maximum absolute atomic E-state index is 13.9. The first-order chi connectivity index (χ1) is 11.0. The number of thioether (sulfide) groups is 1. The van der Waals surface area contributed by atoms with Gasteiger partial charge in [-0.1, -0.05) is 26.0 Å². The van der Waals surface area contributed by atoms with Gasteiger partial charge in [0, 0.05) is 10.6 Å². The van der Waals surface area contributed by atoms with Crippen LogP contribution < -0.4 is 5.32 Å². The molecule has 1 aliphatic heterocycles. The van der Waals surface area contributed by atoms with Gasteiger partial charge < -0.3 is 5.32 Å². The minimum atomic E-state index is -0.257. The first kappa shape index (κ1) is 16.5. The van der Waals surface area contributed by atoms with E-state index in [0.717, 1.165) is 23.4 Å². The van der Waals surface area contributed by atoms with Crippen LogP contribution in [0.4, 0.5) is 4.39 Å². The van der Waals surface area contributed by atoms with Gasteiger partial charge in [-0.15, -0.1) is 11.8 Å². The number of amides is 1. The molecule has 2 aromatic rings. The summed E-state index contributed by atoms with van der Waals surface area (Å²) in [5.41, 5.74) is 2.07. The summed E-state index contributed by atoms with van der Waals surface area (Å²) in [6.07, 6.45) is 0.770. The second-order valence-corrected chi connectivity index (χ2v) is 7.67. The van der Waals surface area contributed by atoms with Crippen LogP contribution in [0.15, 0.2) is 27.6 Å². The molecule has 0 saturated heterocycles. The van der Waals surface area contributed by atoms with Crippen molar-refractivity contribution in [1.82, 2.24) is 15.5 Å². The number of H-pyrrole nitrogens is 1. The fraction of sp³-hybridized carbons (Fsp3) is 0.375.